The second-order valence-electron chi connectivity index (χ2n) is 5.96. The lowest BCUT2D eigenvalue weighted by atomic mass is 10.2. The molecule has 0 fully saturated rings. The van der Waals surface area contributed by atoms with Gasteiger partial charge in [0.1, 0.15) is 5.75 Å². The number of ether oxygens (including phenoxy) is 1. The maximum absolute atomic E-state index is 12.2. The maximum Gasteiger partial charge on any atom is 0.279 e. The molecule has 0 saturated heterocycles. The number of rotatable bonds is 7. The maximum atomic E-state index is 12.2. The number of hydrogen-bond acceptors (Lipinski definition) is 5. The molecule has 0 aliphatic heterocycles. The number of methoxy groups -OCH3 is 1. The van der Waals surface area contributed by atoms with Crippen LogP contribution in [0, 0.1) is 0 Å². The van der Waals surface area contributed by atoms with Crippen molar-refractivity contribution < 1.29 is 18.8 Å². The van der Waals surface area contributed by atoms with Crippen LogP contribution in [-0.4, -0.2) is 36.8 Å². The molecule has 0 aliphatic rings. The third-order valence-electron chi connectivity index (χ3n) is 3.76. The number of quaternary nitrogens is 1. The van der Waals surface area contributed by atoms with Crippen molar-refractivity contribution in [2.24, 2.45) is 0 Å². The largest absolute Gasteiger partial charge is 0.497 e. The van der Waals surface area contributed by atoms with Crippen LogP contribution in [0.3, 0.4) is 0 Å². The smallest absolute Gasteiger partial charge is 0.279 e. The van der Waals surface area contributed by atoms with E-state index < -0.39 is 0 Å². The minimum atomic E-state index is -0.0986. The number of nitrogens with one attached hydrogen (secondary N) is 2. The normalized spacial score (nSPS) is 11.8. The lowest BCUT2D eigenvalue weighted by Gasteiger charge is -2.12. The molecular weight excluding hydrogens is 332 g/mol. The van der Waals surface area contributed by atoms with Crippen molar-refractivity contribution in [2.75, 3.05) is 26.0 Å². The highest BCUT2D eigenvalue weighted by Gasteiger charge is 2.16. The van der Waals surface area contributed by atoms with Gasteiger partial charge in [-0.25, -0.2) is 0 Å². The van der Waals surface area contributed by atoms with E-state index in [2.05, 4.69) is 15.5 Å². The fourth-order valence-electron chi connectivity index (χ4n) is 2.52. The molecule has 1 atom stereocenters. The Morgan fingerprint density at radius 3 is 2.73 bits per heavy atom. The van der Waals surface area contributed by atoms with Gasteiger partial charge in [0.25, 0.3) is 11.8 Å². The minimum absolute atomic E-state index is 0.0986. The summed E-state index contributed by atoms with van der Waals surface area (Å²) in [6.45, 7) is 0.742. The van der Waals surface area contributed by atoms with Gasteiger partial charge >= 0.3 is 0 Å². The zero-order valence-corrected chi connectivity index (χ0v) is 14.7. The second kappa shape index (κ2) is 8.26. The summed E-state index contributed by atoms with van der Waals surface area (Å²) in [6, 6.07) is 16.8. The molecule has 3 rings (SSSR count). The summed E-state index contributed by atoms with van der Waals surface area (Å²) in [5.74, 6) is 1.58. The average molecular weight is 353 g/mol. The van der Waals surface area contributed by atoms with E-state index in [0.717, 1.165) is 10.5 Å². The summed E-state index contributed by atoms with van der Waals surface area (Å²) >= 11 is 0. The van der Waals surface area contributed by atoms with Crippen molar-refractivity contribution in [3.63, 3.8) is 0 Å². The van der Waals surface area contributed by atoms with Crippen LogP contribution in [0.25, 0.3) is 11.5 Å². The summed E-state index contributed by atoms with van der Waals surface area (Å²) in [5, 5.41) is 11.0. The summed E-state index contributed by atoms with van der Waals surface area (Å²) < 4.78 is 10.8. The summed E-state index contributed by atoms with van der Waals surface area (Å²) in [6.07, 6.45) is 0. The standard InChI is InChI=1S/C19H20N4O3/c1-23(12-17(24)20-15-9-6-10-16(11-15)25-2)13-18-21-22-19(26-18)14-7-4-3-5-8-14/h3-11H,12-13H2,1-2H3,(H,20,24)/p+1. The first-order valence-electron chi connectivity index (χ1n) is 8.27. The Hall–Kier alpha value is -3.19. The molecule has 0 radical (unpaired) electrons. The van der Waals surface area contributed by atoms with E-state index in [4.69, 9.17) is 9.15 Å². The molecule has 3 aromatic rings. The number of hydrogen-bond donors (Lipinski definition) is 2. The summed E-state index contributed by atoms with van der Waals surface area (Å²) in [4.78, 5) is 13.1. The molecule has 134 valence electrons. The molecule has 1 aromatic heterocycles. The van der Waals surface area contributed by atoms with Gasteiger partial charge in [-0.2, -0.15) is 0 Å². The van der Waals surface area contributed by atoms with Gasteiger partial charge in [-0.15, -0.1) is 10.2 Å². The molecule has 1 heterocycles. The highest BCUT2D eigenvalue weighted by molar-refractivity contribution is 5.91. The number of nitrogens with zero attached hydrogens (tertiary/aromatic N) is 2. The van der Waals surface area contributed by atoms with Crippen LogP contribution in [0.2, 0.25) is 0 Å². The topological polar surface area (TPSA) is 81.7 Å². The van der Waals surface area contributed by atoms with Gasteiger partial charge in [-0.1, -0.05) is 24.3 Å². The van der Waals surface area contributed by atoms with Crippen LogP contribution < -0.4 is 15.0 Å². The van der Waals surface area contributed by atoms with Gasteiger partial charge in [0.15, 0.2) is 13.1 Å². The predicted molar refractivity (Wildman–Crippen MR) is 96.8 cm³/mol. The quantitative estimate of drug-likeness (QED) is 0.671. The van der Waals surface area contributed by atoms with E-state index in [-0.39, 0.29) is 12.5 Å². The lowest BCUT2D eigenvalue weighted by Crippen LogP contribution is -3.08. The van der Waals surface area contributed by atoms with Crippen LogP contribution in [0.5, 0.6) is 5.75 Å². The van der Waals surface area contributed by atoms with Gasteiger partial charge in [0, 0.05) is 17.3 Å². The first-order valence-corrected chi connectivity index (χ1v) is 8.27. The number of carbonyl (C=O) groups excluding carboxylic acids is 1. The van der Waals surface area contributed by atoms with E-state index in [1.54, 1.807) is 13.2 Å². The third kappa shape index (κ3) is 4.67. The van der Waals surface area contributed by atoms with Gasteiger partial charge in [-0.3, -0.25) is 4.79 Å². The zero-order valence-electron chi connectivity index (χ0n) is 14.7. The number of carbonyl (C=O) groups is 1. The molecule has 0 spiro atoms. The highest BCUT2D eigenvalue weighted by Crippen LogP contribution is 2.17. The van der Waals surface area contributed by atoms with Crippen LogP contribution in [-0.2, 0) is 11.3 Å². The van der Waals surface area contributed by atoms with Crippen molar-refractivity contribution in [1.29, 1.82) is 0 Å². The molecule has 0 saturated carbocycles. The lowest BCUT2D eigenvalue weighted by molar-refractivity contribution is -0.886. The fourth-order valence-corrected chi connectivity index (χ4v) is 2.52. The van der Waals surface area contributed by atoms with Crippen LogP contribution in [0.4, 0.5) is 5.69 Å². The molecule has 7 nitrogen and oxygen atoms in total. The summed E-state index contributed by atoms with van der Waals surface area (Å²) in [5.41, 5.74) is 1.57. The fraction of sp³-hybridized carbons (Fsp3) is 0.211. The van der Waals surface area contributed by atoms with Crippen LogP contribution >= 0.6 is 0 Å². The number of benzene rings is 2. The van der Waals surface area contributed by atoms with E-state index >= 15 is 0 Å². The Balaban J connectivity index is 1.54. The Morgan fingerprint density at radius 1 is 1.15 bits per heavy atom. The van der Waals surface area contributed by atoms with Crippen LogP contribution in [0.15, 0.2) is 59.0 Å². The number of aromatic nitrogens is 2. The van der Waals surface area contributed by atoms with Gasteiger partial charge in [-0.05, 0) is 24.3 Å². The minimum Gasteiger partial charge on any atom is -0.497 e. The van der Waals surface area contributed by atoms with Gasteiger partial charge in [0.05, 0.1) is 14.2 Å². The van der Waals surface area contributed by atoms with Crippen molar-refractivity contribution >= 4 is 11.6 Å². The van der Waals surface area contributed by atoms with Crippen LogP contribution in [0.1, 0.15) is 5.89 Å². The van der Waals surface area contributed by atoms with Gasteiger partial charge < -0.3 is 19.4 Å². The molecule has 2 aromatic carbocycles. The Kier molecular flexibility index (Phi) is 5.60. The average Bonchev–Trinajstić information content (AvgIpc) is 3.10. The van der Waals surface area contributed by atoms with E-state index in [1.807, 2.05) is 55.6 Å². The SMILES string of the molecule is COc1cccc(NC(=O)C[NH+](C)Cc2nnc(-c3ccccc3)o2)c1. The molecule has 26 heavy (non-hydrogen) atoms. The predicted octanol–water partition coefficient (Wildman–Crippen LogP) is 1.40. The Labute approximate surface area is 151 Å². The summed E-state index contributed by atoms with van der Waals surface area (Å²) in [7, 11) is 3.49. The van der Waals surface area contributed by atoms with Crippen molar-refractivity contribution in [3.05, 3.63) is 60.5 Å². The molecular formula is C19H21N4O3+. The molecule has 0 bridgehead atoms. The number of amides is 1. The van der Waals surface area contributed by atoms with E-state index in [1.165, 1.54) is 0 Å². The molecule has 7 heteroatoms. The van der Waals surface area contributed by atoms with E-state index in [0.29, 0.717) is 29.8 Å². The van der Waals surface area contributed by atoms with Gasteiger partial charge in [0.2, 0.25) is 5.89 Å². The van der Waals surface area contributed by atoms with Crippen molar-refractivity contribution in [1.82, 2.24) is 10.2 Å². The van der Waals surface area contributed by atoms with Crippen molar-refractivity contribution in [3.8, 4) is 17.2 Å². The third-order valence-corrected chi connectivity index (χ3v) is 3.76. The Morgan fingerprint density at radius 2 is 1.96 bits per heavy atom. The first-order chi connectivity index (χ1) is 12.6. The molecule has 2 N–H and O–H groups in total. The first kappa shape index (κ1) is 17.6. The molecule has 1 unspecified atom stereocenters. The zero-order chi connectivity index (χ0) is 18.4. The Bertz CT molecular complexity index is 864. The van der Waals surface area contributed by atoms with Crippen molar-refractivity contribution in [2.45, 2.75) is 6.54 Å². The number of likely N-dealkylation sites (N-methyl/N-ethyl adjacent to an activating group) is 1. The second-order valence-corrected chi connectivity index (χ2v) is 5.96. The molecule has 0 aliphatic carbocycles. The highest BCUT2D eigenvalue weighted by atomic mass is 16.5. The molecule has 1 amide bonds. The number of anilines is 1. The monoisotopic (exact) mass is 353 g/mol. The van der Waals surface area contributed by atoms with E-state index in [9.17, 15) is 4.79 Å².